The van der Waals surface area contributed by atoms with Gasteiger partial charge in [-0.2, -0.15) is 0 Å². The molecule has 0 radical (unpaired) electrons. The number of carbonyl (C=O) groups is 2. The number of carbonyl (C=O) groups excluding carboxylic acids is 2. The summed E-state index contributed by atoms with van der Waals surface area (Å²) in [5, 5.41) is 15.2. The van der Waals surface area contributed by atoms with Gasteiger partial charge in [0.2, 0.25) is 5.91 Å². The van der Waals surface area contributed by atoms with E-state index in [2.05, 4.69) is 5.32 Å². The number of hydrogen-bond acceptors (Lipinski definition) is 7. The Morgan fingerprint density at radius 3 is 2.47 bits per heavy atom. The number of benzene rings is 2. The molecule has 0 aliphatic carbocycles. The first kappa shape index (κ1) is 25.1. The quantitative estimate of drug-likeness (QED) is 0.210. The van der Waals surface area contributed by atoms with Gasteiger partial charge in [0.1, 0.15) is 5.69 Å². The van der Waals surface area contributed by atoms with Crippen molar-refractivity contribution in [3.8, 4) is 0 Å². The fourth-order valence-electron chi connectivity index (χ4n) is 3.40. The molecule has 0 bridgehead atoms. The van der Waals surface area contributed by atoms with E-state index in [-0.39, 0.29) is 28.9 Å². The maximum absolute atomic E-state index is 12.2. The molecule has 1 aliphatic heterocycles. The van der Waals surface area contributed by atoms with Crippen molar-refractivity contribution < 1.29 is 19.2 Å². The van der Waals surface area contributed by atoms with E-state index in [1.54, 1.807) is 43.3 Å². The standard InChI is InChI=1S/C23H23ClN4O5S/c1-2-33-22(30)17-6-9-19(20(15-17)28(31)32)26-11-13-27(14-12-26)23(34)25-21(29)10-5-16-3-7-18(24)8-4-16/h3-10,15H,2,11-14H2,1H3,(H,25,29,34)/b10-5+. The fraction of sp³-hybridized carbons (Fsp3) is 0.261. The van der Waals surface area contributed by atoms with Crippen LogP contribution in [0.5, 0.6) is 0 Å². The molecule has 1 saturated heterocycles. The number of hydrogen-bond donors (Lipinski definition) is 1. The number of rotatable bonds is 6. The summed E-state index contributed by atoms with van der Waals surface area (Å²) in [6.45, 7) is 3.70. The van der Waals surface area contributed by atoms with E-state index in [1.807, 2.05) is 9.80 Å². The molecule has 0 spiro atoms. The minimum atomic E-state index is -0.604. The highest BCUT2D eigenvalue weighted by Gasteiger charge is 2.26. The van der Waals surface area contributed by atoms with Crippen molar-refractivity contribution in [2.45, 2.75) is 6.92 Å². The minimum absolute atomic E-state index is 0.131. The van der Waals surface area contributed by atoms with Crippen molar-refractivity contribution in [3.05, 3.63) is 74.8 Å². The minimum Gasteiger partial charge on any atom is -0.462 e. The third kappa shape index (κ3) is 6.52. The Bertz CT molecular complexity index is 1110. The summed E-state index contributed by atoms with van der Waals surface area (Å²) in [4.78, 5) is 38.9. The molecule has 178 valence electrons. The first-order chi connectivity index (χ1) is 16.3. The third-order valence-electron chi connectivity index (χ3n) is 5.12. The molecule has 2 aromatic carbocycles. The van der Waals surface area contributed by atoms with Crippen molar-refractivity contribution in [1.82, 2.24) is 10.2 Å². The lowest BCUT2D eigenvalue weighted by atomic mass is 10.1. The van der Waals surface area contributed by atoms with Crippen LogP contribution < -0.4 is 10.2 Å². The van der Waals surface area contributed by atoms with Gasteiger partial charge in [-0.25, -0.2) is 4.79 Å². The number of esters is 1. The first-order valence-corrected chi connectivity index (χ1v) is 11.3. The van der Waals surface area contributed by atoms with Crippen molar-refractivity contribution >= 4 is 58.3 Å². The Morgan fingerprint density at radius 1 is 1.18 bits per heavy atom. The molecular weight excluding hydrogens is 480 g/mol. The van der Waals surface area contributed by atoms with Crippen LogP contribution in [-0.4, -0.2) is 59.6 Å². The van der Waals surface area contributed by atoms with Gasteiger partial charge < -0.3 is 14.5 Å². The highest BCUT2D eigenvalue weighted by atomic mass is 35.5. The predicted molar refractivity (Wildman–Crippen MR) is 134 cm³/mol. The normalized spacial score (nSPS) is 13.6. The van der Waals surface area contributed by atoms with Gasteiger partial charge in [0.15, 0.2) is 5.11 Å². The zero-order chi connectivity index (χ0) is 24.7. The first-order valence-electron chi connectivity index (χ1n) is 10.5. The van der Waals surface area contributed by atoms with Crippen LogP contribution in [0.1, 0.15) is 22.8 Å². The lowest BCUT2D eigenvalue weighted by Crippen LogP contribution is -2.52. The molecule has 9 nitrogen and oxygen atoms in total. The van der Waals surface area contributed by atoms with E-state index < -0.39 is 10.9 Å². The molecule has 0 unspecified atom stereocenters. The van der Waals surface area contributed by atoms with Crippen molar-refractivity contribution in [1.29, 1.82) is 0 Å². The molecule has 11 heteroatoms. The lowest BCUT2D eigenvalue weighted by Gasteiger charge is -2.36. The second-order valence-electron chi connectivity index (χ2n) is 7.33. The molecule has 0 aromatic heterocycles. The summed E-state index contributed by atoms with van der Waals surface area (Å²) in [5.74, 6) is -0.958. The SMILES string of the molecule is CCOC(=O)c1ccc(N2CCN(C(=S)NC(=O)/C=C/c3ccc(Cl)cc3)CC2)c([N+](=O)[O-])c1. The summed E-state index contributed by atoms with van der Waals surface area (Å²) >= 11 is 11.2. The number of ether oxygens (including phenoxy) is 1. The molecule has 0 atom stereocenters. The largest absolute Gasteiger partial charge is 0.462 e. The van der Waals surface area contributed by atoms with Crippen LogP contribution >= 0.6 is 23.8 Å². The van der Waals surface area contributed by atoms with Gasteiger partial charge in [0, 0.05) is 43.3 Å². The van der Waals surface area contributed by atoms with Crippen molar-refractivity contribution in [2.24, 2.45) is 0 Å². The van der Waals surface area contributed by atoms with Gasteiger partial charge in [-0.3, -0.25) is 20.2 Å². The van der Waals surface area contributed by atoms with E-state index in [0.29, 0.717) is 36.9 Å². The Morgan fingerprint density at radius 2 is 1.85 bits per heavy atom. The number of nitro benzene ring substituents is 1. The van der Waals surface area contributed by atoms with E-state index in [0.717, 1.165) is 5.56 Å². The average Bonchev–Trinajstić information content (AvgIpc) is 2.83. The van der Waals surface area contributed by atoms with Crippen LogP contribution in [0.4, 0.5) is 11.4 Å². The summed E-state index contributed by atoms with van der Waals surface area (Å²) in [7, 11) is 0. The number of halogens is 1. The summed E-state index contributed by atoms with van der Waals surface area (Å²) in [6, 6.07) is 11.4. The molecule has 1 heterocycles. The van der Waals surface area contributed by atoms with Crippen LogP contribution in [0.3, 0.4) is 0 Å². The van der Waals surface area contributed by atoms with Crippen LogP contribution in [0.15, 0.2) is 48.5 Å². The Hall–Kier alpha value is -3.50. The molecule has 1 aliphatic rings. The zero-order valence-corrected chi connectivity index (χ0v) is 20.0. The van der Waals surface area contributed by atoms with Crippen LogP contribution in [-0.2, 0) is 9.53 Å². The lowest BCUT2D eigenvalue weighted by molar-refractivity contribution is -0.384. The number of nitrogens with one attached hydrogen (secondary N) is 1. The van der Waals surface area contributed by atoms with Gasteiger partial charge in [-0.15, -0.1) is 0 Å². The summed E-state index contributed by atoms with van der Waals surface area (Å²) < 4.78 is 4.93. The van der Waals surface area contributed by atoms with Crippen LogP contribution in [0.25, 0.3) is 6.08 Å². The molecule has 34 heavy (non-hydrogen) atoms. The van der Waals surface area contributed by atoms with Gasteiger partial charge >= 0.3 is 5.97 Å². The second-order valence-corrected chi connectivity index (χ2v) is 8.16. The number of anilines is 1. The van der Waals surface area contributed by atoms with Gasteiger partial charge in [-0.1, -0.05) is 23.7 Å². The monoisotopic (exact) mass is 502 g/mol. The maximum Gasteiger partial charge on any atom is 0.338 e. The van der Waals surface area contributed by atoms with Crippen LogP contribution in [0.2, 0.25) is 5.02 Å². The molecule has 0 saturated carbocycles. The molecule has 2 aromatic rings. The maximum atomic E-state index is 12.2. The van der Waals surface area contributed by atoms with E-state index in [4.69, 9.17) is 28.6 Å². The molecule has 3 rings (SSSR count). The van der Waals surface area contributed by atoms with E-state index >= 15 is 0 Å². The average molecular weight is 503 g/mol. The molecule has 1 amide bonds. The highest BCUT2D eigenvalue weighted by Crippen LogP contribution is 2.30. The summed E-state index contributed by atoms with van der Waals surface area (Å²) in [6.07, 6.45) is 3.05. The fourth-order valence-corrected chi connectivity index (χ4v) is 3.81. The summed E-state index contributed by atoms with van der Waals surface area (Å²) in [5.41, 5.74) is 1.21. The van der Waals surface area contributed by atoms with E-state index in [1.165, 1.54) is 18.2 Å². The second kappa shape index (κ2) is 11.6. The van der Waals surface area contributed by atoms with Gasteiger partial charge in [-0.05, 0) is 55.0 Å². The smallest absolute Gasteiger partial charge is 0.338 e. The Labute approximate surface area is 207 Å². The van der Waals surface area contributed by atoms with E-state index in [9.17, 15) is 19.7 Å². The number of nitrogens with zero attached hydrogens (tertiary/aromatic N) is 3. The highest BCUT2D eigenvalue weighted by molar-refractivity contribution is 7.80. The Kier molecular flexibility index (Phi) is 8.55. The molecule has 1 N–H and O–H groups in total. The number of nitro groups is 1. The third-order valence-corrected chi connectivity index (χ3v) is 5.73. The van der Waals surface area contributed by atoms with Gasteiger partial charge in [0.25, 0.3) is 5.69 Å². The number of thiocarbonyl (C=S) groups is 1. The predicted octanol–water partition coefficient (Wildman–Crippen LogP) is 3.66. The zero-order valence-electron chi connectivity index (χ0n) is 18.4. The van der Waals surface area contributed by atoms with Gasteiger partial charge in [0.05, 0.1) is 17.1 Å². The molecular formula is C23H23ClN4O5S. The van der Waals surface area contributed by atoms with Crippen LogP contribution in [0, 0.1) is 10.1 Å². The number of amides is 1. The molecule has 1 fully saturated rings. The number of piperazine rings is 1. The van der Waals surface area contributed by atoms with Crippen molar-refractivity contribution in [2.75, 3.05) is 37.7 Å². The Balaban J connectivity index is 1.58. The topological polar surface area (TPSA) is 105 Å². The van der Waals surface area contributed by atoms with Crippen molar-refractivity contribution in [3.63, 3.8) is 0 Å².